The molecule has 0 aliphatic carbocycles. The van der Waals surface area contributed by atoms with Gasteiger partial charge in [0.2, 0.25) is 0 Å². The zero-order chi connectivity index (χ0) is 42.8. The van der Waals surface area contributed by atoms with Crippen LogP contribution in [0, 0.1) is 6.92 Å². The summed E-state index contributed by atoms with van der Waals surface area (Å²) in [7, 11) is 0. The maximum Gasteiger partial charge on any atom is 0.331 e. The summed E-state index contributed by atoms with van der Waals surface area (Å²) in [5.41, 5.74) is 1.01. The van der Waals surface area contributed by atoms with Crippen molar-refractivity contribution in [1.82, 2.24) is 43.7 Å². The Labute approximate surface area is 342 Å². The topological polar surface area (TPSA) is 277 Å². The van der Waals surface area contributed by atoms with E-state index < -0.39 is 57.9 Å². The number of aliphatic hydroxyl groups is 2. The van der Waals surface area contributed by atoms with Crippen LogP contribution >= 0.6 is 11.8 Å². The van der Waals surface area contributed by atoms with Gasteiger partial charge in [-0.2, -0.15) is 0 Å². The first-order valence-corrected chi connectivity index (χ1v) is 20.1. The number of hydrogen-bond acceptors (Lipinski definition) is 15. The maximum atomic E-state index is 13.3. The van der Waals surface area contributed by atoms with E-state index in [1.807, 2.05) is 0 Å². The Hall–Kier alpha value is -4.97. The SMILES string of the molecule is Cc1cn(C2CC(O)C(CO)S2)c(=O)n(CCCn2cc(-c3ccc(C(C(=O)O)N4CCN(CC(=O)O)CCN(CC(=O)O)CCN(CC(=O)O)CC4)cc3)nn2)c1=O. The average Bonchev–Trinajstić information content (AvgIpc) is 3.81. The van der Waals surface area contributed by atoms with Crippen LogP contribution < -0.4 is 11.2 Å². The molecule has 2 aliphatic heterocycles. The van der Waals surface area contributed by atoms with Gasteiger partial charge in [0.05, 0.1) is 49.2 Å². The number of aliphatic hydroxyl groups excluding tert-OH is 2. The number of benzene rings is 1. The zero-order valence-corrected chi connectivity index (χ0v) is 33.5. The summed E-state index contributed by atoms with van der Waals surface area (Å²) in [4.78, 5) is 80.6. The molecule has 2 aliphatic rings. The van der Waals surface area contributed by atoms with E-state index in [0.717, 1.165) is 4.57 Å². The first-order chi connectivity index (χ1) is 28.1. The summed E-state index contributed by atoms with van der Waals surface area (Å²) in [6, 6.07) is 5.53. The first-order valence-electron chi connectivity index (χ1n) is 19.2. The van der Waals surface area contributed by atoms with Crippen LogP contribution in [0.25, 0.3) is 11.3 Å². The fourth-order valence-electron chi connectivity index (χ4n) is 7.35. The third-order valence-corrected chi connectivity index (χ3v) is 12.0. The molecule has 3 aromatic rings. The van der Waals surface area contributed by atoms with Gasteiger partial charge in [0.25, 0.3) is 5.56 Å². The van der Waals surface area contributed by atoms with Crippen LogP contribution in [0.1, 0.15) is 35.4 Å². The predicted molar refractivity (Wildman–Crippen MR) is 212 cm³/mol. The maximum absolute atomic E-state index is 13.3. The molecular weight excluding hydrogens is 795 g/mol. The van der Waals surface area contributed by atoms with Crippen LogP contribution in [0.3, 0.4) is 0 Å². The van der Waals surface area contributed by atoms with Gasteiger partial charge in [-0.1, -0.05) is 29.5 Å². The van der Waals surface area contributed by atoms with E-state index in [9.17, 15) is 59.4 Å². The minimum atomic E-state index is -1.17. The third kappa shape index (κ3) is 12.3. The fourth-order valence-corrected chi connectivity index (χ4v) is 8.72. The number of hydrogen-bond donors (Lipinski definition) is 6. The van der Waals surface area contributed by atoms with Crippen molar-refractivity contribution in [3.05, 3.63) is 68.6 Å². The molecule has 22 heteroatoms. The van der Waals surface area contributed by atoms with Gasteiger partial charge < -0.3 is 30.6 Å². The number of carboxylic acid groups (broad SMARTS) is 4. The highest BCUT2D eigenvalue weighted by Gasteiger charge is 2.35. The molecule has 0 radical (unpaired) electrons. The second kappa shape index (κ2) is 20.8. The van der Waals surface area contributed by atoms with E-state index in [0.29, 0.717) is 35.3 Å². The van der Waals surface area contributed by atoms with E-state index in [2.05, 4.69) is 10.3 Å². The predicted octanol–water partition coefficient (Wildman–Crippen LogP) is -1.37. The molecule has 5 rings (SSSR count). The van der Waals surface area contributed by atoms with Crippen LogP contribution in [0.4, 0.5) is 0 Å². The minimum absolute atomic E-state index is 0.102. The van der Waals surface area contributed by atoms with Gasteiger partial charge in [0.15, 0.2) is 0 Å². The van der Waals surface area contributed by atoms with Crippen molar-refractivity contribution in [2.75, 3.05) is 78.6 Å². The minimum Gasteiger partial charge on any atom is -0.480 e. The standard InChI is InChI=1S/C37H51N9O12S/c1-24-18-46(30-17-28(48)29(23-47)59-30)37(58)45(35(24)55)8-2-7-44-19-27(38-39-44)25-3-5-26(6-4-25)34(36(56)57)43-15-13-41(21-32(51)52)11-9-40(20-31(49)50)10-12-42(14-16-43)22-33(53)54/h3-6,18-19,28-30,34,47-48H,2,7-17,20-23H2,1H3,(H,49,50)(H,51,52)(H,53,54)(H,56,57). The van der Waals surface area contributed by atoms with Gasteiger partial charge in [0.1, 0.15) is 11.7 Å². The van der Waals surface area contributed by atoms with Crippen LogP contribution in [0.5, 0.6) is 0 Å². The van der Waals surface area contributed by atoms with Crippen molar-refractivity contribution in [1.29, 1.82) is 0 Å². The molecule has 2 aromatic heterocycles. The number of aliphatic carboxylic acids is 4. The lowest BCUT2D eigenvalue weighted by atomic mass is 10.0. The summed E-state index contributed by atoms with van der Waals surface area (Å²) >= 11 is 1.29. The van der Waals surface area contributed by atoms with Crippen molar-refractivity contribution < 1.29 is 49.8 Å². The van der Waals surface area contributed by atoms with Crippen LogP contribution in [0.2, 0.25) is 0 Å². The molecule has 0 spiro atoms. The molecule has 6 N–H and O–H groups in total. The lowest BCUT2D eigenvalue weighted by Gasteiger charge is -2.35. The first kappa shape index (κ1) is 45.1. The Kier molecular flexibility index (Phi) is 15.9. The van der Waals surface area contributed by atoms with Gasteiger partial charge in [-0.15, -0.1) is 16.9 Å². The molecule has 59 heavy (non-hydrogen) atoms. The largest absolute Gasteiger partial charge is 0.480 e. The summed E-state index contributed by atoms with van der Waals surface area (Å²) < 4.78 is 4.17. The quantitative estimate of drug-likeness (QED) is 0.0970. The normalized spacial score (nSPS) is 21.1. The number of aromatic nitrogens is 5. The molecule has 4 heterocycles. The van der Waals surface area contributed by atoms with E-state index in [1.54, 1.807) is 61.7 Å². The van der Waals surface area contributed by atoms with Crippen molar-refractivity contribution in [2.45, 2.75) is 55.6 Å². The van der Waals surface area contributed by atoms with Crippen LogP contribution in [-0.2, 0) is 32.3 Å². The highest BCUT2D eigenvalue weighted by Crippen LogP contribution is 2.40. The Morgan fingerprint density at radius 2 is 1.34 bits per heavy atom. The lowest BCUT2D eigenvalue weighted by Crippen LogP contribution is -2.49. The second-order valence-electron chi connectivity index (χ2n) is 14.7. The Morgan fingerprint density at radius 1 is 0.797 bits per heavy atom. The Balaban J connectivity index is 1.28. The Morgan fingerprint density at radius 3 is 1.83 bits per heavy atom. The molecule has 0 saturated carbocycles. The summed E-state index contributed by atoms with van der Waals surface area (Å²) in [5, 5.41) is 66.4. The highest BCUT2D eigenvalue weighted by atomic mass is 32.2. The fraction of sp³-hybridized carbons (Fsp3) is 0.568. The summed E-state index contributed by atoms with van der Waals surface area (Å²) in [5.74, 6) is -4.41. The average molecular weight is 846 g/mol. The number of carboxylic acids is 4. The molecule has 0 amide bonds. The van der Waals surface area contributed by atoms with Crippen molar-refractivity contribution >= 4 is 35.6 Å². The summed E-state index contributed by atoms with van der Waals surface area (Å²) in [6.45, 7) is 2.19. The molecule has 322 valence electrons. The molecule has 21 nitrogen and oxygen atoms in total. The zero-order valence-electron chi connectivity index (χ0n) is 32.7. The van der Waals surface area contributed by atoms with Gasteiger partial charge in [-0.3, -0.25) is 57.4 Å². The number of thioether (sulfide) groups is 1. The van der Waals surface area contributed by atoms with Crippen LogP contribution in [-0.4, -0.2) is 188 Å². The molecule has 4 unspecified atom stereocenters. The molecule has 2 saturated heterocycles. The third-order valence-electron chi connectivity index (χ3n) is 10.4. The van der Waals surface area contributed by atoms with E-state index in [-0.39, 0.29) is 91.6 Å². The number of nitrogens with zero attached hydrogens (tertiary/aromatic N) is 9. The van der Waals surface area contributed by atoms with Gasteiger partial charge in [-0.05, 0) is 18.9 Å². The van der Waals surface area contributed by atoms with Crippen molar-refractivity contribution in [3.8, 4) is 11.3 Å². The van der Waals surface area contributed by atoms with Gasteiger partial charge in [-0.25, -0.2) is 4.79 Å². The molecule has 1 aromatic carbocycles. The second-order valence-corrected chi connectivity index (χ2v) is 16.1. The van der Waals surface area contributed by atoms with Crippen molar-refractivity contribution in [3.63, 3.8) is 0 Å². The molecule has 0 bridgehead atoms. The van der Waals surface area contributed by atoms with E-state index >= 15 is 0 Å². The van der Waals surface area contributed by atoms with E-state index in [4.69, 9.17) is 0 Å². The molecule has 4 atom stereocenters. The van der Waals surface area contributed by atoms with Gasteiger partial charge >= 0.3 is 29.6 Å². The van der Waals surface area contributed by atoms with Crippen molar-refractivity contribution in [2.24, 2.45) is 0 Å². The number of aryl methyl sites for hydroxylation is 2. The molecular formula is C37H51N9O12S. The number of carbonyl (C=O) groups is 4. The lowest BCUT2D eigenvalue weighted by molar-refractivity contribution is -0.145. The van der Waals surface area contributed by atoms with E-state index in [1.165, 1.54) is 22.5 Å². The van der Waals surface area contributed by atoms with Gasteiger partial charge in [0, 0.05) is 89.2 Å². The molecule has 2 fully saturated rings. The Bertz CT molecular complexity index is 2030. The highest BCUT2D eigenvalue weighted by molar-refractivity contribution is 8.00. The smallest absolute Gasteiger partial charge is 0.331 e. The number of rotatable bonds is 16. The summed E-state index contributed by atoms with van der Waals surface area (Å²) in [6.07, 6.45) is 3.04. The van der Waals surface area contributed by atoms with Crippen LogP contribution in [0.15, 0.2) is 46.2 Å². The monoisotopic (exact) mass is 845 g/mol.